The number of likely N-dealkylation sites (tertiary alicyclic amines) is 1. The lowest BCUT2D eigenvalue weighted by Crippen LogP contribution is -2.54. The molecule has 0 saturated carbocycles. The highest BCUT2D eigenvalue weighted by molar-refractivity contribution is 6.37. The zero-order chi connectivity index (χ0) is 39.7. The van der Waals surface area contributed by atoms with E-state index in [1.165, 1.54) is 12.1 Å². The standard InChI is InChI=1S/C39H41F4N3O8/c1-39(2,3)54-38(53)25-15-28(40)27(29(41)16-25)13-14-44-35(50)30(20-33(42)43)45-36(51)31-17-26(22-9-5-4-6-10-22)21-46(31)37(52)32(47)18-23-11-7-8-12-24(23)19-34(48)49/h4-12,15-16,26,30-31,33H,13-14,17-21H2,1-3H3,(H,44,50)(H,45,51)(H,48,49)/t26-,30+,31+/m1/s1. The summed E-state index contributed by atoms with van der Waals surface area (Å²) in [6, 6.07) is 13.4. The molecule has 1 saturated heterocycles. The number of carbonyl (C=O) groups is 6. The molecule has 3 aromatic carbocycles. The maximum atomic E-state index is 14.8. The average molecular weight is 756 g/mol. The molecule has 288 valence electrons. The van der Waals surface area contributed by atoms with E-state index >= 15 is 0 Å². The Morgan fingerprint density at radius 3 is 2.07 bits per heavy atom. The molecule has 4 rings (SSSR count). The molecule has 3 amide bonds. The smallest absolute Gasteiger partial charge is 0.338 e. The second-order valence-corrected chi connectivity index (χ2v) is 13.9. The zero-order valence-electron chi connectivity index (χ0n) is 29.9. The molecule has 15 heteroatoms. The van der Waals surface area contributed by atoms with Gasteiger partial charge in [0.1, 0.15) is 29.3 Å². The number of rotatable bonds is 15. The van der Waals surface area contributed by atoms with E-state index in [2.05, 4.69) is 10.6 Å². The lowest BCUT2D eigenvalue weighted by Gasteiger charge is -2.26. The second-order valence-electron chi connectivity index (χ2n) is 13.9. The predicted octanol–water partition coefficient (Wildman–Crippen LogP) is 4.54. The molecule has 1 fully saturated rings. The third-order valence-corrected chi connectivity index (χ3v) is 8.68. The van der Waals surface area contributed by atoms with Gasteiger partial charge in [0.25, 0.3) is 5.91 Å². The lowest BCUT2D eigenvalue weighted by molar-refractivity contribution is -0.147. The van der Waals surface area contributed by atoms with Gasteiger partial charge in [-0.25, -0.2) is 22.4 Å². The summed E-state index contributed by atoms with van der Waals surface area (Å²) in [4.78, 5) is 78.3. The number of Topliss-reactive ketones (excluding diaryl/α,β-unsaturated/α-hetero) is 1. The van der Waals surface area contributed by atoms with E-state index < -0.39 is 108 Å². The van der Waals surface area contributed by atoms with Crippen molar-refractivity contribution in [3.63, 3.8) is 0 Å². The van der Waals surface area contributed by atoms with Crippen LogP contribution in [0.5, 0.6) is 0 Å². The molecule has 1 aliphatic heterocycles. The first-order chi connectivity index (χ1) is 25.4. The van der Waals surface area contributed by atoms with E-state index in [-0.39, 0.29) is 24.9 Å². The summed E-state index contributed by atoms with van der Waals surface area (Å²) < 4.78 is 62.1. The normalized spacial score (nSPS) is 16.1. The number of hydrogen-bond donors (Lipinski definition) is 3. The van der Waals surface area contributed by atoms with Crippen molar-refractivity contribution in [3.05, 3.63) is 106 Å². The van der Waals surface area contributed by atoms with Gasteiger partial charge in [0, 0.05) is 37.4 Å². The fraction of sp³-hybridized carbons (Fsp3) is 0.385. The van der Waals surface area contributed by atoms with Gasteiger partial charge in [0.15, 0.2) is 0 Å². The highest BCUT2D eigenvalue weighted by Gasteiger charge is 2.43. The summed E-state index contributed by atoms with van der Waals surface area (Å²) >= 11 is 0. The van der Waals surface area contributed by atoms with Crippen LogP contribution in [0.3, 0.4) is 0 Å². The van der Waals surface area contributed by atoms with Crippen molar-refractivity contribution in [1.29, 1.82) is 0 Å². The molecule has 0 unspecified atom stereocenters. The summed E-state index contributed by atoms with van der Waals surface area (Å²) in [5, 5.41) is 13.8. The fourth-order valence-electron chi connectivity index (χ4n) is 6.16. The zero-order valence-corrected chi connectivity index (χ0v) is 29.9. The van der Waals surface area contributed by atoms with Crippen molar-refractivity contribution in [2.45, 2.75) is 82.9 Å². The first-order valence-electron chi connectivity index (χ1n) is 17.2. The van der Waals surface area contributed by atoms with Gasteiger partial charge in [0.2, 0.25) is 24.0 Å². The van der Waals surface area contributed by atoms with Gasteiger partial charge in [-0.2, -0.15) is 0 Å². The van der Waals surface area contributed by atoms with Crippen LogP contribution in [0.4, 0.5) is 17.6 Å². The fourth-order valence-corrected chi connectivity index (χ4v) is 6.16. The van der Waals surface area contributed by atoms with Gasteiger partial charge in [-0.1, -0.05) is 54.6 Å². The predicted molar refractivity (Wildman–Crippen MR) is 187 cm³/mol. The van der Waals surface area contributed by atoms with Gasteiger partial charge < -0.3 is 25.4 Å². The van der Waals surface area contributed by atoms with Crippen LogP contribution in [0.15, 0.2) is 66.7 Å². The van der Waals surface area contributed by atoms with Crippen molar-refractivity contribution in [3.8, 4) is 0 Å². The molecule has 3 N–H and O–H groups in total. The molecule has 0 bridgehead atoms. The van der Waals surface area contributed by atoms with Crippen molar-refractivity contribution in [1.82, 2.24) is 15.5 Å². The number of nitrogens with zero attached hydrogens (tertiary/aromatic N) is 1. The van der Waals surface area contributed by atoms with Crippen LogP contribution in [0.1, 0.15) is 72.1 Å². The van der Waals surface area contributed by atoms with Gasteiger partial charge in [0.05, 0.1) is 12.0 Å². The minimum Gasteiger partial charge on any atom is -0.481 e. The molecule has 0 radical (unpaired) electrons. The van der Waals surface area contributed by atoms with Crippen LogP contribution in [-0.2, 0) is 48.0 Å². The Labute approximate surface area is 309 Å². The third-order valence-electron chi connectivity index (χ3n) is 8.68. The van der Waals surface area contributed by atoms with Crippen LogP contribution in [0, 0.1) is 11.6 Å². The maximum Gasteiger partial charge on any atom is 0.338 e. The van der Waals surface area contributed by atoms with E-state index in [0.29, 0.717) is 11.1 Å². The summed E-state index contributed by atoms with van der Waals surface area (Å²) in [7, 11) is 0. The number of hydrogen-bond acceptors (Lipinski definition) is 7. The van der Waals surface area contributed by atoms with Crippen LogP contribution < -0.4 is 10.6 Å². The van der Waals surface area contributed by atoms with Gasteiger partial charge in [-0.15, -0.1) is 0 Å². The van der Waals surface area contributed by atoms with Gasteiger partial charge in [-0.05, 0) is 62.4 Å². The Hall–Kier alpha value is -5.60. The number of alkyl halides is 2. The molecule has 3 aromatic rings. The first kappa shape index (κ1) is 41.2. The molecule has 1 heterocycles. The number of carbonyl (C=O) groups excluding carboxylic acids is 5. The number of ketones is 1. The third kappa shape index (κ3) is 11.2. The van der Waals surface area contributed by atoms with E-state index in [1.807, 2.05) is 0 Å². The molecule has 11 nitrogen and oxygen atoms in total. The Bertz CT molecular complexity index is 1860. The molecule has 54 heavy (non-hydrogen) atoms. The second kappa shape index (κ2) is 18.0. The Morgan fingerprint density at radius 2 is 1.50 bits per heavy atom. The largest absolute Gasteiger partial charge is 0.481 e. The SMILES string of the molecule is CC(C)(C)OC(=O)c1cc(F)c(CCNC(=O)[C@H](CC(F)F)NC(=O)[C@@H]2C[C@@H](c3ccccc3)CN2C(=O)C(=O)Cc2ccccc2CC(=O)O)c(F)c1. The van der Waals surface area contributed by atoms with Gasteiger partial charge in [-0.3, -0.25) is 24.0 Å². The van der Waals surface area contributed by atoms with Crippen LogP contribution in [0.25, 0.3) is 0 Å². The molecular weight excluding hydrogens is 714 g/mol. The topological polar surface area (TPSA) is 159 Å². The molecule has 1 aliphatic rings. The summed E-state index contributed by atoms with van der Waals surface area (Å²) in [6.07, 6.45) is -5.49. The molecule has 0 spiro atoms. The van der Waals surface area contributed by atoms with Crippen LogP contribution >= 0.6 is 0 Å². The van der Waals surface area contributed by atoms with E-state index in [9.17, 15) is 51.4 Å². The summed E-state index contributed by atoms with van der Waals surface area (Å²) in [5.74, 6) is -8.76. The lowest BCUT2D eigenvalue weighted by atomic mass is 9.96. The van der Waals surface area contributed by atoms with Crippen molar-refractivity contribution >= 4 is 35.4 Å². The number of amides is 3. The Balaban J connectivity index is 1.48. The minimum atomic E-state index is -3.07. The Kier molecular flexibility index (Phi) is 13.7. The monoisotopic (exact) mass is 755 g/mol. The maximum absolute atomic E-state index is 14.8. The Morgan fingerprint density at radius 1 is 0.907 bits per heavy atom. The quantitative estimate of drug-likeness (QED) is 0.116. The number of halogens is 4. The van der Waals surface area contributed by atoms with Crippen LogP contribution in [0.2, 0.25) is 0 Å². The number of nitrogens with one attached hydrogen (secondary N) is 2. The molecular formula is C39H41F4N3O8. The number of carboxylic acids is 1. The number of aliphatic carboxylic acids is 1. The summed E-state index contributed by atoms with van der Waals surface area (Å²) in [5.41, 5.74) is -0.393. The van der Waals surface area contributed by atoms with Gasteiger partial charge >= 0.3 is 11.9 Å². The number of benzene rings is 3. The average Bonchev–Trinajstić information content (AvgIpc) is 3.54. The molecule has 0 aromatic heterocycles. The van der Waals surface area contributed by atoms with Crippen molar-refractivity contribution in [2.24, 2.45) is 0 Å². The van der Waals surface area contributed by atoms with E-state index in [1.54, 1.807) is 63.2 Å². The highest BCUT2D eigenvalue weighted by atomic mass is 19.3. The number of carboxylic acid groups (broad SMARTS) is 1. The molecule has 3 atom stereocenters. The highest BCUT2D eigenvalue weighted by Crippen LogP contribution is 2.32. The van der Waals surface area contributed by atoms with Crippen LogP contribution in [-0.4, -0.2) is 82.6 Å². The van der Waals surface area contributed by atoms with E-state index in [0.717, 1.165) is 22.6 Å². The number of ether oxygens (including phenoxy) is 1. The first-order valence-corrected chi connectivity index (χ1v) is 17.2. The van der Waals surface area contributed by atoms with Crippen molar-refractivity contribution < 1.29 is 56.2 Å². The van der Waals surface area contributed by atoms with Crippen molar-refractivity contribution in [2.75, 3.05) is 13.1 Å². The van der Waals surface area contributed by atoms with E-state index in [4.69, 9.17) is 4.74 Å². The minimum absolute atomic E-state index is 0.00860. The number of esters is 1. The summed E-state index contributed by atoms with van der Waals surface area (Å²) in [6.45, 7) is 4.23. The molecule has 0 aliphatic carbocycles.